The van der Waals surface area contributed by atoms with Crippen molar-refractivity contribution in [2.75, 3.05) is 12.3 Å². The maximum Gasteiger partial charge on any atom is 0.408 e. The van der Waals surface area contributed by atoms with E-state index in [1.54, 1.807) is 11.3 Å². The summed E-state index contributed by atoms with van der Waals surface area (Å²) in [4.78, 5) is 13.2. The summed E-state index contributed by atoms with van der Waals surface area (Å²) in [6.07, 6.45) is 1.29. The predicted molar refractivity (Wildman–Crippen MR) is 93.1 cm³/mol. The summed E-state index contributed by atoms with van der Waals surface area (Å²) in [6, 6.07) is 1.91. The summed E-state index contributed by atoms with van der Waals surface area (Å²) < 4.78 is 5.37. The molecule has 5 nitrogen and oxygen atoms in total. The van der Waals surface area contributed by atoms with E-state index in [0.717, 1.165) is 23.4 Å². The van der Waals surface area contributed by atoms with Gasteiger partial charge in [0.1, 0.15) is 5.60 Å². The van der Waals surface area contributed by atoms with Gasteiger partial charge in [0.05, 0.1) is 5.54 Å². The zero-order chi connectivity index (χ0) is 16.8. The van der Waals surface area contributed by atoms with Crippen molar-refractivity contribution in [2.45, 2.75) is 65.1 Å². The molecule has 0 aliphatic rings. The summed E-state index contributed by atoms with van der Waals surface area (Å²) in [5, 5.41) is 8.41. The normalized spacial score (nSPS) is 12.2. The van der Waals surface area contributed by atoms with E-state index in [2.05, 4.69) is 24.5 Å². The van der Waals surface area contributed by atoms with Crippen LogP contribution in [-0.2, 0) is 11.3 Å². The second-order valence-electron chi connectivity index (χ2n) is 6.52. The number of rotatable bonds is 7. The van der Waals surface area contributed by atoms with Crippen LogP contribution in [0.4, 0.5) is 10.5 Å². The van der Waals surface area contributed by atoms with Gasteiger partial charge in [-0.1, -0.05) is 13.8 Å². The van der Waals surface area contributed by atoms with Crippen LogP contribution in [0.2, 0.25) is 0 Å². The first-order chi connectivity index (χ1) is 10.2. The Hall–Kier alpha value is -1.27. The molecule has 4 N–H and O–H groups in total. The van der Waals surface area contributed by atoms with Crippen LogP contribution < -0.4 is 16.4 Å². The van der Waals surface area contributed by atoms with E-state index in [4.69, 9.17) is 10.5 Å². The van der Waals surface area contributed by atoms with Crippen LogP contribution >= 0.6 is 11.3 Å². The lowest BCUT2D eigenvalue weighted by atomic mass is 9.93. The molecule has 0 aliphatic carbocycles. The lowest BCUT2D eigenvalue weighted by Gasteiger charge is -2.34. The van der Waals surface area contributed by atoms with Crippen molar-refractivity contribution in [1.29, 1.82) is 0 Å². The molecular formula is C16H29N3O2S. The number of nitrogen functional groups attached to an aromatic ring is 1. The van der Waals surface area contributed by atoms with E-state index in [1.165, 1.54) is 0 Å². The summed E-state index contributed by atoms with van der Waals surface area (Å²) in [5.41, 5.74) is 5.90. The lowest BCUT2D eigenvalue weighted by Crippen LogP contribution is -2.55. The average molecular weight is 327 g/mol. The van der Waals surface area contributed by atoms with E-state index in [-0.39, 0.29) is 11.6 Å². The molecule has 0 aliphatic heterocycles. The Morgan fingerprint density at radius 1 is 1.32 bits per heavy atom. The fourth-order valence-corrected chi connectivity index (χ4v) is 2.92. The third-order valence-corrected chi connectivity index (χ3v) is 4.59. The van der Waals surface area contributed by atoms with Crippen LogP contribution in [0.1, 0.15) is 52.3 Å². The van der Waals surface area contributed by atoms with Crippen LogP contribution in [0.5, 0.6) is 0 Å². The van der Waals surface area contributed by atoms with Gasteiger partial charge in [0.2, 0.25) is 0 Å². The molecule has 22 heavy (non-hydrogen) atoms. The molecule has 1 aromatic heterocycles. The summed E-state index contributed by atoms with van der Waals surface area (Å²) in [6.45, 7) is 11.1. The minimum Gasteiger partial charge on any atom is -0.444 e. The van der Waals surface area contributed by atoms with E-state index in [9.17, 15) is 4.79 Å². The van der Waals surface area contributed by atoms with Crippen molar-refractivity contribution in [3.8, 4) is 0 Å². The molecule has 0 saturated heterocycles. The molecule has 0 saturated carbocycles. The van der Waals surface area contributed by atoms with E-state index in [0.29, 0.717) is 13.1 Å². The van der Waals surface area contributed by atoms with Crippen LogP contribution in [0.3, 0.4) is 0 Å². The molecule has 1 heterocycles. The van der Waals surface area contributed by atoms with E-state index < -0.39 is 5.60 Å². The highest BCUT2D eigenvalue weighted by molar-refractivity contribution is 7.10. The molecular weight excluding hydrogens is 298 g/mol. The topological polar surface area (TPSA) is 76.4 Å². The van der Waals surface area contributed by atoms with Gasteiger partial charge in [-0.25, -0.2) is 4.79 Å². The van der Waals surface area contributed by atoms with Gasteiger partial charge < -0.3 is 21.1 Å². The maximum atomic E-state index is 12.1. The first-order valence-electron chi connectivity index (χ1n) is 7.75. The Balaban J connectivity index is 2.58. The molecule has 0 spiro atoms. The number of nitrogens with one attached hydrogen (secondary N) is 2. The number of carbonyl (C=O) groups excluding carboxylic acids is 1. The molecule has 6 heteroatoms. The second-order valence-corrected chi connectivity index (χ2v) is 7.52. The highest BCUT2D eigenvalue weighted by Crippen LogP contribution is 2.20. The Labute approximate surface area is 137 Å². The number of nitrogens with two attached hydrogens (primary N) is 1. The number of hydrogen-bond donors (Lipinski definition) is 3. The minimum absolute atomic E-state index is 0.311. The van der Waals surface area contributed by atoms with Crippen LogP contribution in [-0.4, -0.2) is 23.8 Å². The monoisotopic (exact) mass is 327 g/mol. The summed E-state index contributed by atoms with van der Waals surface area (Å²) >= 11 is 1.64. The summed E-state index contributed by atoms with van der Waals surface area (Å²) in [5.74, 6) is 0. The van der Waals surface area contributed by atoms with Gasteiger partial charge in [-0.05, 0) is 45.1 Å². The number of alkyl carbamates (subject to hydrolysis) is 1. The third-order valence-electron chi connectivity index (χ3n) is 3.65. The molecule has 0 atom stereocenters. The number of hydrogen-bond acceptors (Lipinski definition) is 5. The molecule has 1 aromatic rings. The van der Waals surface area contributed by atoms with Gasteiger partial charge in [-0.3, -0.25) is 0 Å². The molecule has 0 radical (unpaired) electrons. The van der Waals surface area contributed by atoms with Crippen molar-refractivity contribution in [2.24, 2.45) is 0 Å². The molecule has 0 unspecified atom stereocenters. The van der Waals surface area contributed by atoms with Crippen LogP contribution in [0, 0.1) is 0 Å². The molecule has 0 fully saturated rings. The first-order valence-corrected chi connectivity index (χ1v) is 8.63. The zero-order valence-electron chi connectivity index (χ0n) is 14.3. The van der Waals surface area contributed by atoms with Gasteiger partial charge in [0, 0.05) is 23.7 Å². The molecule has 1 amide bonds. The summed E-state index contributed by atoms with van der Waals surface area (Å²) in [7, 11) is 0. The third kappa shape index (κ3) is 5.85. The van der Waals surface area contributed by atoms with Crippen molar-refractivity contribution < 1.29 is 9.53 Å². The van der Waals surface area contributed by atoms with Gasteiger partial charge in [0.15, 0.2) is 0 Å². The van der Waals surface area contributed by atoms with Crippen LogP contribution in [0.25, 0.3) is 0 Å². The van der Waals surface area contributed by atoms with Crippen molar-refractivity contribution in [3.63, 3.8) is 0 Å². The fourth-order valence-electron chi connectivity index (χ4n) is 2.15. The van der Waals surface area contributed by atoms with Gasteiger partial charge in [-0.15, -0.1) is 11.3 Å². The number of ether oxygens (including phenoxy) is 1. The lowest BCUT2D eigenvalue weighted by molar-refractivity contribution is 0.0446. The highest BCUT2D eigenvalue weighted by Gasteiger charge is 2.30. The van der Waals surface area contributed by atoms with E-state index >= 15 is 0 Å². The minimum atomic E-state index is -0.490. The number of carbonyl (C=O) groups is 1. The number of anilines is 1. The first kappa shape index (κ1) is 18.8. The van der Waals surface area contributed by atoms with Gasteiger partial charge >= 0.3 is 6.09 Å². The molecule has 0 aromatic carbocycles. The second kappa shape index (κ2) is 7.83. The fraction of sp³-hybridized carbons (Fsp3) is 0.688. The predicted octanol–water partition coefficient (Wildman–Crippen LogP) is 3.50. The Morgan fingerprint density at radius 2 is 1.95 bits per heavy atom. The van der Waals surface area contributed by atoms with Crippen LogP contribution in [0.15, 0.2) is 11.4 Å². The standard InChI is InChI=1S/C16H29N3O2S/c1-6-16(7-2,19-14(20)21-15(3,4)5)11-18-10-13-12(17)8-9-22-13/h8-9,18H,6-7,10-11,17H2,1-5H3,(H,19,20). The smallest absolute Gasteiger partial charge is 0.408 e. The zero-order valence-corrected chi connectivity index (χ0v) is 15.1. The Kier molecular flexibility index (Phi) is 6.68. The number of amides is 1. The number of thiophene rings is 1. The Morgan fingerprint density at radius 3 is 2.41 bits per heavy atom. The largest absolute Gasteiger partial charge is 0.444 e. The van der Waals surface area contributed by atoms with E-state index in [1.807, 2.05) is 32.2 Å². The van der Waals surface area contributed by atoms with Gasteiger partial charge in [0.25, 0.3) is 0 Å². The molecule has 0 bridgehead atoms. The Bertz CT molecular complexity index is 476. The van der Waals surface area contributed by atoms with Crippen molar-refractivity contribution in [1.82, 2.24) is 10.6 Å². The quantitative estimate of drug-likeness (QED) is 0.716. The van der Waals surface area contributed by atoms with Crippen molar-refractivity contribution >= 4 is 23.1 Å². The molecule has 1 rings (SSSR count). The van der Waals surface area contributed by atoms with Crippen molar-refractivity contribution in [3.05, 3.63) is 16.3 Å². The SMILES string of the molecule is CCC(CC)(CNCc1sccc1N)NC(=O)OC(C)(C)C. The average Bonchev–Trinajstić information content (AvgIpc) is 2.81. The van der Waals surface area contributed by atoms with Gasteiger partial charge in [-0.2, -0.15) is 0 Å². The highest BCUT2D eigenvalue weighted by atomic mass is 32.1. The maximum absolute atomic E-state index is 12.1. The molecule has 126 valence electrons.